The number of nitrogens with one attached hydrogen (secondary N) is 1. The van der Waals surface area contributed by atoms with E-state index < -0.39 is 0 Å². The van der Waals surface area contributed by atoms with Crippen LogP contribution in [0.1, 0.15) is 11.6 Å². The van der Waals surface area contributed by atoms with Crippen LogP contribution in [0.3, 0.4) is 0 Å². The van der Waals surface area contributed by atoms with E-state index in [2.05, 4.69) is 5.43 Å². The molecular weight excluding hydrogens is 215 g/mol. The summed E-state index contributed by atoms with van der Waals surface area (Å²) in [6.45, 7) is 0. The van der Waals surface area contributed by atoms with E-state index in [0.717, 1.165) is 5.75 Å². The zero-order chi connectivity index (χ0) is 11.3. The van der Waals surface area contributed by atoms with Gasteiger partial charge in [-0.3, -0.25) is 11.3 Å². The summed E-state index contributed by atoms with van der Waals surface area (Å²) in [4.78, 5) is 0. The molecule has 15 heavy (non-hydrogen) atoms. The van der Waals surface area contributed by atoms with Crippen molar-refractivity contribution in [2.75, 3.05) is 19.1 Å². The van der Waals surface area contributed by atoms with Crippen molar-refractivity contribution in [3.63, 3.8) is 0 Å². The normalized spacial score (nSPS) is 12.5. The highest BCUT2D eigenvalue weighted by Gasteiger charge is 2.14. The molecular formula is C10H15FN2OS. The second kappa shape index (κ2) is 5.95. The molecule has 0 radical (unpaired) electrons. The van der Waals surface area contributed by atoms with Crippen LogP contribution in [0.4, 0.5) is 4.39 Å². The van der Waals surface area contributed by atoms with Gasteiger partial charge in [0.2, 0.25) is 0 Å². The van der Waals surface area contributed by atoms with Crippen molar-refractivity contribution in [1.29, 1.82) is 0 Å². The minimum atomic E-state index is -0.300. The van der Waals surface area contributed by atoms with Crippen LogP contribution in [-0.2, 0) is 0 Å². The van der Waals surface area contributed by atoms with Crippen LogP contribution in [0.5, 0.6) is 5.75 Å². The molecule has 0 aliphatic heterocycles. The van der Waals surface area contributed by atoms with Gasteiger partial charge < -0.3 is 4.74 Å². The summed E-state index contributed by atoms with van der Waals surface area (Å²) in [5.74, 6) is 6.30. The number of thioether (sulfide) groups is 1. The number of nitrogens with two attached hydrogens (primary N) is 1. The fourth-order valence-corrected chi connectivity index (χ4v) is 1.92. The summed E-state index contributed by atoms with van der Waals surface area (Å²) in [6.07, 6.45) is 1.95. The topological polar surface area (TPSA) is 47.3 Å². The Morgan fingerprint density at radius 3 is 2.80 bits per heavy atom. The zero-order valence-electron chi connectivity index (χ0n) is 8.79. The number of hydrogen-bond donors (Lipinski definition) is 2. The van der Waals surface area contributed by atoms with E-state index in [-0.39, 0.29) is 11.9 Å². The van der Waals surface area contributed by atoms with Crippen molar-refractivity contribution in [2.45, 2.75) is 6.04 Å². The first-order valence-corrected chi connectivity index (χ1v) is 5.90. The zero-order valence-corrected chi connectivity index (χ0v) is 9.60. The van der Waals surface area contributed by atoms with Gasteiger partial charge in [-0.15, -0.1) is 0 Å². The predicted molar refractivity (Wildman–Crippen MR) is 61.4 cm³/mol. The van der Waals surface area contributed by atoms with Crippen molar-refractivity contribution in [2.24, 2.45) is 5.84 Å². The SMILES string of the molecule is COc1ccc(C(CSC)NN)c(F)c1. The first-order valence-electron chi connectivity index (χ1n) is 4.51. The average Bonchev–Trinajstić information content (AvgIpc) is 2.26. The highest BCUT2D eigenvalue weighted by molar-refractivity contribution is 7.98. The van der Waals surface area contributed by atoms with Crippen molar-refractivity contribution >= 4 is 11.8 Å². The van der Waals surface area contributed by atoms with Gasteiger partial charge in [-0.25, -0.2) is 4.39 Å². The van der Waals surface area contributed by atoms with Gasteiger partial charge in [0.1, 0.15) is 11.6 Å². The number of halogens is 1. The van der Waals surface area contributed by atoms with Gasteiger partial charge in [-0.05, 0) is 12.3 Å². The number of hydrazine groups is 1. The van der Waals surface area contributed by atoms with Crippen LogP contribution in [0.2, 0.25) is 0 Å². The third-order valence-corrected chi connectivity index (χ3v) is 2.78. The molecule has 0 saturated heterocycles. The van der Waals surface area contributed by atoms with E-state index in [1.54, 1.807) is 23.9 Å². The monoisotopic (exact) mass is 230 g/mol. The lowest BCUT2D eigenvalue weighted by Gasteiger charge is -2.16. The molecule has 1 rings (SSSR count). The molecule has 0 saturated carbocycles. The second-order valence-electron chi connectivity index (χ2n) is 3.06. The van der Waals surface area contributed by atoms with Crippen LogP contribution in [0.15, 0.2) is 18.2 Å². The highest BCUT2D eigenvalue weighted by Crippen LogP contribution is 2.23. The summed E-state index contributed by atoms with van der Waals surface area (Å²) in [5.41, 5.74) is 3.16. The summed E-state index contributed by atoms with van der Waals surface area (Å²) < 4.78 is 18.5. The molecule has 0 aromatic heterocycles. The Morgan fingerprint density at radius 2 is 2.33 bits per heavy atom. The number of ether oxygens (including phenoxy) is 1. The minimum Gasteiger partial charge on any atom is -0.497 e. The van der Waals surface area contributed by atoms with E-state index in [1.165, 1.54) is 13.2 Å². The second-order valence-corrected chi connectivity index (χ2v) is 3.97. The predicted octanol–water partition coefficient (Wildman–Crippen LogP) is 1.70. The van der Waals surface area contributed by atoms with E-state index >= 15 is 0 Å². The average molecular weight is 230 g/mol. The first-order chi connectivity index (χ1) is 7.22. The molecule has 1 aromatic carbocycles. The van der Waals surface area contributed by atoms with Gasteiger partial charge in [0, 0.05) is 17.4 Å². The molecule has 3 N–H and O–H groups in total. The molecule has 0 amide bonds. The Labute approximate surface area is 93.2 Å². The molecule has 84 valence electrons. The number of methoxy groups -OCH3 is 1. The molecule has 0 heterocycles. The smallest absolute Gasteiger partial charge is 0.131 e. The van der Waals surface area contributed by atoms with Gasteiger partial charge in [-0.1, -0.05) is 6.07 Å². The fraction of sp³-hybridized carbons (Fsp3) is 0.400. The molecule has 5 heteroatoms. The summed E-state index contributed by atoms with van der Waals surface area (Å²) in [5, 5.41) is 0. The molecule has 0 fully saturated rings. The largest absolute Gasteiger partial charge is 0.497 e. The van der Waals surface area contributed by atoms with Gasteiger partial charge in [-0.2, -0.15) is 11.8 Å². The van der Waals surface area contributed by atoms with E-state index in [0.29, 0.717) is 11.3 Å². The standard InChI is InChI=1S/C10H15FN2OS/c1-14-7-3-4-8(9(11)5-7)10(13-12)6-15-2/h3-5,10,13H,6,12H2,1-2H3. The van der Waals surface area contributed by atoms with E-state index in [4.69, 9.17) is 10.6 Å². The lowest BCUT2D eigenvalue weighted by Crippen LogP contribution is -2.30. The maximum Gasteiger partial charge on any atom is 0.131 e. The van der Waals surface area contributed by atoms with Crippen LogP contribution in [0, 0.1) is 5.82 Å². The highest BCUT2D eigenvalue weighted by atomic mass is 32.2. The first kappa shape index (κ1) is 12.3. The lowest BCUT2D eigenvalue weighted by atomic mass is 10.1. The van der Waals surface area contributed by atoms with Crippen molar-refractivity contribution in [3.8, 4) is 5.75 Å². The molecule has 3 nitrogen and oxygen atoms in total. The summed E-state index contributed by atoms with van der Waals surface area (Å²) >= 11 is 1.61. The molecule has 0 aliphatic carbocycles. The Morgan fingerprint density at radius 1 is 1.60 bits per heavy atom. The van der Waals surface area contributed by atoms with Crippen molar-refractivity contribution in [1.82, 2.24) is 5.43 Å². The minimum absolute atomic E-state index is 0.175. The fourth-order valence-electron chi connectivity index (χ4n) is 1.31. The Kier molecular flexibility index (Phi) is 4.87. The number of rotatable bonds is 5. The lowest BCUT2D eigenvalue weighted by molar-refractivity contribution is 0.409. The molecule has 1 aromatic rings. The van der Waals surface area contributed by atoms with Crippen molar-refractivity contribution < 1.29 is 9.13 Å². The third kappa shape index (κ3) is 3.09. The van der Waals surface area contributed by atoms with Crippen molar-refractivity contribution in [3.05, 3.63) is 29.6 Å². The van der Waals surface area contributed by atoms with Crippen LogP contribution >= 0.6 is 11.8 Å². The summed E-state index contributed by atoms with van der Waals surface area (Å²) in [7, 11) is 1.51. The molecule has 1 atom stereocenters. The van der Waals surface area contributed by atoms with E-state index in [9.17, 15) is 4.39 Å². The quantitative estimate of drug-likeness (QED) is 0.597. The van der Waals surface area contributed by atoms with Gasteiger partial charge in [0.15, 0.2) is 0 Å². The third-order valence-electron chi connectivity index (χ3n) is 2.12. The van der Waals surface area contributed by atoms with Crippen LogP contribution < -0.4 is 16.0 Å². The molecule has 0 bridgehead atoms. The van der Waals surface area contributed by atoms with Gasteiger partial charge in [0.25, 0.3) is 0 Å². The van der Waals surface area contributed by atoms with Gasteiger partial charge in [0.05, 0.1) is 13.2 Å². The Hall–Kier alpha value is -0.780. The Balaban J connectivity index is 2.92. The van der Waals surface area contributed by atoms with E-state index in [1.807, 2.05) is 6.26 Å². The maximum atomic E-state index is 13.6. The number of hydrogen-bond acceptors (Lipinski definition) is 4. The Bertz CT molecular complexity index is 322. The van der Waals surface area contributed by atoms with Gasteiger partial charge >= 0.3 is 0 Å². The number of benzene rings is 1. The molecule has 1 unspecified atom stereocenters. The summed E-state index contributed by atoms with van der Waals surface area (Å²) in [6, 6.07) is 4.60. The maximum absolute atomic E-state index is 13.6. The molecule has 0 spiro atoms. The molecule has 0 aliphatic rings. The van der Waals surface area contributed by atoms with Crippen LogP contribution in [-0.4, -0.2) is 19.1 Å². The van der Waals surface area contributed by atoms with Crippen LogP contribution in [0.25, 0.3) is 0 Å².